The van der Waals surface area contributed by atoms with Crippen LogP contribution in [0, 0.1) is 0 Å². The van der Waals surface area contributed by atoms with Gasteiger partial charge in [-0.3, -0.25) is 0 Å². The molecule has 0 saturated heterocycles. The van der Waals surface area contributed by atoms with Gasteiger partial charge in [0, 0.05) is 0 Å². The van der Waals surface area contributed by atoms with Gasteiger partial charge in [0.25, 0.3) is 0 Å². The van der Waals surface area contributed by atoms with Gasteiger partial charge in [-0.25, -0.2) is 0 Å². The molecule has 1 spiro atoms. The molecule has 5 nitrogen and oxygen atoms in total. The van der Waals surface area contributed by atoms with Crippen molar-refractivity contribution in [3.05, 3.63) is 41.0 Å². The number of hydrogen-bond acceptors (Lipinski definition) is 4. The summed E-state index contributed by atoms with van der Waals surface area (Å²) in [5, 5.41) is 2.88. The zero-order valence-corrected chi connectivity index (χ0v) is 10.2. The molecule has 1 atom stereocenters. The Morgan fingerprint density at radius 2 is 2.32 bits per heavy atom. The summed E-state index contributed by atoms with van der Waals surface area (Å²) in [5.74, 6) is 1.21. The summed E-state index contributed by atoms with van der Waals surface area (Å²) in [6, 6.07) is 5.71. The number of fused-ring (bicyclic) bond motifs is 3. The van der Waals surface area contributed by atoms with E-state index in [4.69, 9.17) is 5.73 Å². The second kappa shape index (κ2) is 3.41. The molecule has 2 aliphatic rings. The van der Waals surface area contributed by atoms with Gasteiger partial charge in [-0.05, 0) is 0 Å². The van der Waals surface area contributed by atoms with Crippen LogP contribution in [0.15, 0.2) is 24.4 Å². The van der Waals surface area contributed by atoms with Crippen molar-refractivity contribution in [2.75, 3.05) is 11.1 Å². The number of carbonyl (C=O) groups excluding carboxylic acids is 1. The number of nitrogens with zero attached hydrogens (tertiary/aromatic N) is 2. The first-order valence-corrected chi connectivity index (χ1v) is 6.19. The summed E-state index contributed by atoms with van der Waals surface area (Å²) in [5.41, 5.74) is 8.39. The van der Waals surface area contributed by atoms with Gasteiger partial charge in [0.05, 0.1) is 0 Å². The summed E-state index contributed by atoms with van der Waals surface area (Å²) in [4.78, 5) is 20.8. The SMILES string of the molecule is Nc1cc2c(bn1)CC1(C2)C(=O)Nc2ncccc21. The summed E-state index contributed by atoms with van der Waals surface area (Å²) in [6.45, 7) is 0. The van der Waals surface area contributed by atoms with E-state index in [1.165, 1.54) is 0 Å². The zero-order chi connectivity index (χ0) is 13.0. The van der Waals surface area contributed by atoms with Crippen LogP contribution in [-0.4, -0.2) is 22.8 Å². The normalized spacial score (nSPS) is 23.1. The number of anilines is 2. The van der Waals surface area contributed by atoms with Gasteiger partial charge in [-0.2, -0.15) is 0 Å². The fraction of sp³-hybridized carbons (Fsp3) is 0.231. The van der Waals surface area contributed by atoms with Crippen LogP contribution in [0.25, 0.3) is 0 Å². The molecule has 4 rings (SSSR count). The standard InChI is InChI=1S/C13H11BN4O/c15-10-4-7-5-13(6-9(7)14-18-10)8-2-1-3-16-11(8)17-12(13)19/h1-4H,5-6H2,(H2,15,18)(H,16,17,19). The Labute approximate surface area is 110 Å². The van der Waals surface area contributed by atoms with Crippen molar-refractivity contribution >= 4 is 24.6 Å². The predicted molar refractivity (Wildman–Crippen MR) is 71.9 cm³/mol. The first-order chi connectivity index (χ1) is 9.19. The maximum absolute atomic E-state index is 12.4. The molecule has 0 saturated carbocycles. The van der Waals surface area contributed by atoms with Crippen molar-refractivity contribution in [1.29, 1.82) is 0 Å². The molecular weight excluding hydrogens is 239 g/mol. The summed E-state index contributed by atoms with van der Waals surface area (Å²) < 4.78 is 0. The molecular formula is C13H11BN4O. The number of aromatic nitrogens is 2. The quantitative estimate of drug-likeness (QED) is 0.708. The number of nitrogen functional groups attached to an aromatic ring is 1. The molecule has 1 aliphatic heterocycles. The molecule has 1 amide bonds. The third-order valence-corrected chi connectivity index (χ3v) is 4.08. The van der Waals surface area contributed by atoms with Crippen LogP contribution >= 0.6 is 0 Å². The molecule has 0 radical (unpaired) electrons. The fourth-order valence-electron chi connectivity index (χ4n) is 3.17. The minimum absolute atomic E-state index is 0.0240. The van der Waals surface area contributed by atoms with E-state index >= 15 is 0 Å². The molecule has 3 heterocycles. The Morgan fingerprint density at radius 3 is 3.21 bits per heavy atom. The van der Waals surface area contributed by atoms with Crippen LogP contribution in [0.5, 0.6) is 0 Å². The number of pyridine rings is 1. The molecule has 1 aliphatic carbocycles. The van der Waals surface area contributed by atoms with Gasteiger partial charge in [0.15, 0.2) is 0 Å². The van der Waals surface area contributed by atoms with Crippen LogP contribution in [0.3, 0.4) is 0 Å². The van der Waals surface area contributed by atoms with Crippen LogP contribution in [0.2, 0.25) is 0 Å². The zero-order valence-electron chi connectivity index (χ0n) is 10.2. The molecule has 19 heavy (non-hydrogen) atoms. The Bertz CT molecular complexity index is 718. The Morgan fingerprint density at radius 1 is 1.42 bits per heavy atom. The van der Waals surface area contributed by atoms with E-state index in [9.17, 15) is 4.79 Å². The molecule has 0 fully saturated rings. The maximum atomic E-state index is 12.4. The first kappa shape index (κ1) is 10.7. The number of carbonyl (C=O) groups is 1. The van der Waals surface area contributed by atoms with Gasteiger partial charge in [0.1, 0.15) is 0 Å². The molecule has 3 N–H and O–H groups in total. The van der Waals surface area contributed by atoms with Gasteiger partial charge >= 0.3 is 110 Å². The van der Waals surface area contributed by atoms with Crippen molar-refractivity contribution in [2.45, 2.75) is 18.3 Å². The van der Waals surface area contributed by atoms with Crippen LogP contribution in [0.1, 0.15) is 16.6 Å². The molecule has 92 valence electrons. The number of amides is 1. The second-order valence-corrected chi connectivity index (χ2v) is 5.17. The van der Waals surface area contributed by atoms with Crippen LogP contribution in [0.4, 0.5) is 11.6 Å². The van der Waals surface area contributed by atoms with E-state index in [1.54, 1.807) is 13.2 Å². The number of rotatable bonds is 0. The van der Waals surface area contributed by atoms with E-state index in [2.05, 4.69) is 15.2 Å². The van der Waals surface area contributed by atoms with E-state index in [0.29, 0.717) is 24.5 Å². The molecule has 1 unspecified atom stereocenters. The Hall–Kier alpha value is -2.24. The molecule has 6 heteroatoms. The molecule has 0 bridgehead atoms. The van der Waals surface area contributed by atoms with Gasteiger partial charge in [-0.15, -0.1) is 0 Å². The predicted octanol–water partition coefficient (Wildman–Crippen LogP) is 0.386. The van der Waals surface area contributed by atoms with Gasteiger partial charge < -0.3 is 0 Å². The number of nitrogens with one attached hydrogen (secondary N) is 1. The van der Waals surface area contributed by atoms with Gasteiger partial charge in [-0.1, -0.05) is 0 Å². The van der Waals surface area contributed by atoms with E-state index in [0.717, 1.165) is 16.6 Å². The van der Waals surface area contributed by atoms with Crippen molar-refractivity contribution in [3.8, 4) is 0 Å². The summed E-state index contributed by atoms with van der Waals surface area (Å²) in [7, 11) is 1.78. The third kappa shape index (κ3) is 1.31. The monoisotopic (exact) mass is 250 g/mol. The van der Waals surface area contributed by atoms with Crippen molar-refractivity contribution in [1.82, 2.24) is 9.88 Å². The summed E-state index contributed by atoms with van der Waals surface area (Å²) >= 11 is 0. The van der Waals surface area contributed by atoms with Crippen molar-refractivity contribution in [3.63, 3.8) is 0 Å². The van der Waals surface area contributed by atoms with Crippen molar-refractivity contribution < 1.29 is 4.79 Å². The average molecular weight is 250 g/mol. The summed E-state index contributed by atoms with van der Waals surface area (Å²) in [6.07, 6.45) is 3.03. The van der Waals surface area contributed by atoms with E-state index < -0.39 is 5.41 Å². The van der Waals surface area contributed by atoms with Crippen molar-refractivity contribution in [2.24, 2.45) is 0 Å². The number of nitrogens with two attached hydrogens (primary N) is 1. The van der Waals surface area contributed by atoms with E-state index in [-0.39, 0.29) is 5.91 Å². The Balaban J connectivity index is 1.88. The first-order valence-electron chi connectivity index (χ1n) is 6.19. The topological polar surface area (TPSA) is 80.9 Å². The van der Waals surface area contributed by atoms with E-state index in [1.807, 2.05) is 18.2 Å². The fourth-order valence-corrected chi connectivity index (χ4v) is 3.17. The average Bonchev–Trinajstić information content (AvgIpc) is 2.90. The molecule has 0 aromatic carbocycles. The third-order valence-electron chi connectivity index (χ3n) is 4.08. The number of hydrogen-bond donors (Lipinski definition) is 2. The Kier molecular flexibility index (Phi) is 1.91. The van der Waals surface area contributed by atoms with Crippen LogP contribution < -0.4 is 11.1 Å². The molecule has 2 aromatic heterocycles. The van der Waals surface area contributed by atoms with Gasteiger partial charge in [0.2, 0.25) is 0 Å². The second-order valence-electron chi connectivity index (χ2n) is 5.17. The van der Waals surface area contributed by atoms with Crippen LogP contribution in [-0.2, 0) is 23.1 Å². The molecule has 2 aromatic rings. The minimum atomic E-state index is -0.526.